The second kappa shape index (κ2) is 4.55. The molecule has 2 rings (SSSR count). The SMILES string of the molecule is CC(C)(CCc1ccc2c(c1)C(C)(C)CO2)C(=O)O. The highest BCUT2D eigenvalue weighted by Crippen LogP contribution is 2.39. The minimum atomic E-state index is -0.739. The van der Waals surface area contributed by atoms with Crippen LogP contribution in [0.1, 0.15) is 45.2 Å². The lowest BCUT2D eigenvalue weighted by atomic mass is 9.83. The second-order valence-corrected chi connectivity index (χ2v) is 6.69. The predicted octanol–water partition coefficient (Wildman–Crippen LogP) is 3.40. The van der Waals surface area contributed by atoms with E-state index in [4.69, 9.17) is 9.84 Å². The van der Waals surface area contributed by atoms with Gasteiger partial charge in [-0.15, -0.1) is 0 Å². The first-order valence-electron chi connectivity index (χ1n) is 6.72. The summed E-state index contributed by atoms with van der Waals surface area (Å²) >= 11 is 0. The number of carbonyl (C=O) groups is 1. The first-order chi connectivity index (χ1) is 8.72. The van der Waals surface area contributed by atoms with E-state index in [1.54, 1.807) is 13.8 Å². The molecule has 0 saturated heterocycles. The van der Waals surface area contributed by atoms with Gasteiger partial charge in [-0.05, 0) is 38.3 Å². The number of benzene rings is 1. The van der Waals surface area contributed by atoms with Gasteiger partial charge in [0.2, 0.25) is 0 Å². The van der Waals surface area contributed by atoms with Crippen LogP contribution in [0.15, 0.2) is 18.2 Å². The van der Waals surface area contributed by atoms with E-state index >= 15 is 0 Å². The quantitative estimate of drug-likeness (QED) is 0.904. The maximum Gasteiger partial charge on any atom is 0.309 e. The van der Waals surface area contributed by atoms with Crippen LogP contribution in [-0.2, 0) is 16.6 Å². The van der Waals surface area contributed by atoms with Crippen LogP contribution in [0, 0.1) is 5.41 Å². The highest BCUT2D eigenvalue weighted by molar-refractivity contribution is 5.73. The predicted molar refractivity (Wildman–Crippen MR) is 74.7 cm³/mol. The number of carboxylic acids is 1. The lowest BCUT2D eigenvalue weighted by Crippen LogP contribution is -2.24. The van der Waals surface area contributed by atoms with Crippen molar-refractivity contribution in [2.45, 2.75) is 46.0 Å². The Labute approximate surface area is 114 Å². The molecule has 104 valence electrons. The molecule has 1 aliphatic rings. The average molecular weight is 262 g/mol. The molecule has 0 saturated carbocycles. The van der Waals surface area contributed by atoms with E-state index in [-0.39, 0.29) is 5.41 Å². The molecule has 0 fully saturated rings. The van der Waals surface area contributed by atoms with Gasteiger partial charge in [0.1, 0.15) is 5.75 Å². The van der Waals surface area contributed by atoms with Crippen LogP contribution in [-0.4, -0.2) is 17.7 Å². The Morgan fingerprint density at radius 2 is 2.11 bits per heavy atom. The second-order valence-electron chi connectivity index (χ2n) is 6.69. The lowest BCUT2D eigenvalue weighted by molar-refractivity contribution is -0.147. The van der Waals surface area contributed by atoms with Gasteiger partial charge in [-0.25, -0.2) is 0 Å². The van der Waals surface area contributed by atoms with Gasteiger partial charge in [0.15, 0.2) is 0 Å². The molecule has 1 N–H and O–H groups in total. The van der Waals surface area contributed by atoms with Crippen molar-refractivity contribution in [2.24, 2.45) is 5.41 Å². The van der Waals surface area contributed by atoms with Crippen molar-refractivity contribution in [3.63, 3.8) is 0 Å². The molecular formula is C16H22O3. The fourth-order valence-electron chi connectivity index (χ4n) is 2.29. The first kappa shape index (κ1) is 13.9. The molecular weight excluding hydrogens is 240 g/mol. The van der Waals surface area contributed by atoms with Gasteiger partial charge in [-0.1, -0.05) is 26.0 Å². The molecule has 0 amide bonds. The molecule has 0 atom stereocenters. The lowest BCUT2D eigenvalue weighted by Gasteiger charge is -2.20. The molecule has 0 aliphatic carbocycles. The van der Waals surface area contributed by atoms with Gasteiger partial charge in [-0.2, -0.15) is 0 Å². The summed E-state index contributed by atoms with van der Waals surface area (Å²) in [5.74, 6) is 0.226. The van der Waals surface area contributed by atoms with Crippen LogP contribution in [0.2, 0.25) is 0 Å². The fourth-order valence-corrected chi connectivity index (χ4v) is 2.29. The number of fused-ring (bicyclic) bond motifs is 1. The molecule has 1 aromatic carbocycles. The minimum absolute atomic E-state index is 0.0493. The standard InChI is InChI=1S/C16H22O3/c1-15(2,14(17)18)8-7-11-5-6-13-12(9-11)16(3,4)10-19-13/h5-6,9H,7-8,10H2,1-4H3,(H,17,18). The van der Waals surface area contributed by atoms with Crippen molar-refractivity contribution in [3.8, 4) is 5.75 Å². The summed E-state index contributed by atoms with van der Waals surface area (Å²) in [4.78, 5) is 11.1. The molecule has 19 heavy (non-hydrogen) atoms. The normalized spacial score (nSPS) is 16.8. The molecule has 3 heteroatoms. The van der Waals surface area contributed by atoms with Crippen LogP contribution in [0.3, 0.4) is 0 Å². The van der Waals surface area contributed by atoms with Gasteiger partial charge < -0.3 is 9.84 Å². The van der Waals surface area contributed by atoms with E-state index in [2.05, 4.69) is 19.9 Å². The minimum Gasteiger partial charge on any atom is -0.492 e. The van der Waals surface area contributed by atoms with Crippen molar-refractivity contribution < 1.29 is 14.6 Å². The Hall–Kier alpha value is -1.51. The topological polar surface area (TPSA) is 46.5 Å². The Morgan fingerprint density at radius 1 is 1.42 bits per heavy atom. The average Bonchev–Trinajstić information content (AvgIpc) is 2.63. The van der Waals surface area contributed by atoms with Crippen molar-refractivity contribution in [3.05, 3.63) is 29.3 Å². The fraction of sp³-hybridized carbons (Fsp3) is 0.562. The summed E-state index contributed by atoms with van der Waals surface area (Å²) in [6, 6.07) is 6.21. The monoisotopic (exact) mass is 262 g/mol. The Morgan fingerprint density at radius 3 is 2.74 bits per heavy atom. The zero-order valence-corrected chi connectivity index (χ0v) is 12.1. The van der Waals surface area contributed by atoms with E-state index in [1.165, 1.54) is 11.1 Å². The molecule has 0 radical (unpaired) electrons. The van der Waals surface area contributed by atoms with E-state index in [0.717, 1.165) is 12.2 Å². The maximum absolute atomic E-state index is 11.1. The van der Waals surface area contributed by atoms with Crippen molar-refractivity contribution in [1.29, 1.82) is 0 Å². The highest BCUT2D eigenvalue weighted by Gasteiger charge is 2.32. The molecule has 0 spiro atoms. The summed E-state index contributed by atoms with van der Waals surface area (Å²) < 4.78 is 5.66. The van der Waals surface area contributed by atoms with Crippen molar-refractivity contribution in [2.75, 3.05) is 6.61 Å². The van der Waals surface area contributed by atoms with Crippen LogP contribution in [0.4, 0.5) is 0 Å². The molecule has 1 aliphatic heterocycles. The third kappa shape index (κ3) is 2.75. The van der Waals surface area contributed by atoms with Gasteiger partial charge in [0.05, 0.1) is 12.0 Å². The largest absolute Gasteiger partial charge is 0.492 e. The molecule has 1 aromatic rings. The number of carboxylic acid groups (broad SMARTS) is 1. The number of hydrogen-bond donors (Lipinski definition) is 1. The number of rotatable bonds is 4. The third-order valence-electron chi connectivity index (χ3n) is 3.98. The van der Waals surface area contributed by atoms with Crippen LogP contribution < -0.4 is 4.74 Å². The molecule has 0 unspecified atom stereocenters. The van der Waals surface area contributed by atoms with Gasteiger partial charge >= 0.3 is 5.97 Å². The zero-order valence-electron chi connectivity index (χ0n) is 12.1. The molecule has 1 heterocycles. The highest BCUT2D eigenvalue weighted by atomic mass is 16.5. The van der Waals surface area contributed by atoms with Crippen LogP contribution >= 0.6 is 0 Å². The van der Waals surface area contributed by atoms with Gasteiger partial charge in [0, 0.05) is 11.0 Å². The summed E-state index contributed by atoms with van der Waals surface area (Å²) in [7, 11) is 0. The Kier molecular flexibility index (Phi) is 3.33. The van der Waals surface area contributed by atoms with E-state index in [0.29, 0.717) is 13.0 Å². The van der Waals surface area contributed by atoms with Gasteiger partial charge in [-0.3, -0.25) is 4.79 Å². The smallest absolute Gasteiger partial charge is 0.309 e. The van der Waals surface area contributed by atoms with Crippen LogP contribution in [0.25, 0.3) is 0 Å². The van der Waals surface area contributed by atoms with Crippen molar-refractivity contribution >= 4 is 5.97 Å². The number of hydrogen-bond acceptors (Lipinski definition) is 2. The number of aliphatic carboxylic acids is 1. The Bertz CT molecular complexity index is 501. The first-order valence-corrected chi connectivity index (χ1v) is 6.72. The molecule has 0 aromatic heterocycles. The summed E-state index contributed by atoms with van der Waals surface area (Å²) in [5.41, 5.74) is 1.79. The molecule has 3 nitrogen and oxygen atoms in total. The van der Waals surface area contributed by atoms with E-state index < -0.39 is 11.4 Å². The summed E-state index contributed by atoms with van der Waals surface area (Å²) in [6.45, 7) is 8.60. The summed E-state index contributed by atoms with van der Waals surface area (Å²) in [5, 5.41) is 9.14. The van der Waals surface area contributed by atoms with E-state index in [9.17, 15) is 4.79 Å². The summed E-state index contributed by atoms with van der Waals surface area (Å²) in [6.07, 6.45) is 1.42. The van der Waals surface area contributed by atoms with Crippen molar-refractivity contribution in [1.82, 2.24) is 0 Å². The van der Waals surface area contributed by atoms with E-state index in [1.807, 2.05) is 12.1 Å². The van der Waals surface area contributed by atoms with Gasteiger partial charge in [0.25, 0.3) is 0 Å². The molecule has 0 bridgehead atoms. The zero-order chi connectivity index (χ0) is 14.3. The third-order valence-corrected chi connectivity index (χ3v) is 3.98. The number of aryl methyl sites for hydroxylation is 1. The maximum atomic E-state index is 11.1. The Balaban J connectivity index is 2.14. The van der Waals surface area contributed by atoms with Crippen LogP contribution in [0.5, 0.6) is 5.75 Å². The number of ether oxygens (including phenoxy) is 1.